The number of aromatic amines is 1. The number of hydrogen-bond acceptors (Lipinski definition) is 9. The normalized spacial score (nSPS) is 14.6. The van der Waals surface area contributed by atoms with Crippen molar-refractivity contribution in [2.24, 2.45) is 5.92 Å². The van der Waals surface area contributed by atoms with Crippen LogP contribution in [0, 0.1) is 17.2 Å². The van der Waals surface area contributed by atoms with Crippen molar-refractivity contribution in [2.75, 3.05) is 11.6 Å². The smallest absolute Gasteiger partial charge is 0.304 e. The van der Waals surface area contributed by atoms with Gasteiger partial charge in [0.15, 0.2) is 21.3 Å². The molecule has 2 aromatic heterocycles. The average molecular weight is 544 g/mol. The van der Waals surface area contributed by atoms with E-state index < -0.39 is 39.4 Å². The Labute approximate surface area is 216 Å². The zero-order chi connectivity index (χ0) is 27.5. The molecule has 14 heteroatoms. The van der Waals surface area contributed by atoms with Crippen LogP contribution < -0.4 is 15.4 Å². The Balaban J connectivity index is 1.83. The van der Waals surface area contributed by atoms with Crippen LogP contribution in [0.2, 0.25) is 0 Å². The van der Waals surface area contributed by atoms with Gasteiger partial charge in [0.1, 0.15) is 17.4 Å². The van der Waals surface area contributed by atoms with E-state index in [1.807, 2.05) is 6.07 Å². The van der Waals surface area contributed by atoms with Gasteiger partial charge < -0.3 is 15.4 Å². The fourth-order valence-corrected chi connectivity index (χ4v) is 3.88. The van der Waals surface area contributed by atoms with Crippen LogP contribution in [0.15, 0.2) is 48.0 Å². The summed E-state index contributed by atoms with van der Waals surface area (Å²) in [5, 5.41) is 22.0. The van der Waals surface area contributed by atoms with E-state index in [-0.39, 0.29) is 34.4 Å². The van der Waals surface area contributed by atoms with Crippen molar-refractivity contribution in [1.82, 2.24) is 25.5 Å². The van der Waals surface area contributed by atoms with E-state index in [2.05, 4.69) is 30.8 Å². The number of amides is 1. The molecule has 1 atom stereocenters. The molecule has 1 aromatic carbocycles. The van der Waals surface area contributed by atoms with E-state index in [4.69, 9.17) is 4.74 Å². The number of carbonyl (C=O) groups excluding carboxylic acids is 1. The number of H-pyrrole nitrogens is 1. The molecule has 1 aliphatic carbocycles. The Kier molecular flexibility index (Phi) is 7.40. The summed E-state index contributed by atoms with van der Waals surface area (Å²) in [5.74, 6) is -5.87. The minimum atomic E-state index is -3.51. The molecule has 4 rings (SSSR count). The lowest BCUT2D eigenvalue weighted by atomic mass is 10.1. The topological polar surface area (TPSA) is 163 Å². The van der Waals surface area contributed by atoms with Gasteiger partial charge in [0, 0.05) is 18.6 Å². The van der Waals surface area contributed by atoms with Gasteiger partial charge in [-0.05, 0) is 30.9 Å². The number of anilines is 2. The van der Waals surface area contributed by atoms with Crippen molar-refractivity contribution in [2.45, 2.75) is 31.7 Å². The number of benzene rings is 1. The fourth-order valence-electron chi connectivity index (χ4n) is 3.43. The van der Waals surface area contributed by atoms with Gasteiger partial charge in [-0.2, -0.15) is 24.1 Å². The summed E-state index contributed by atoms with van der Waals surface area (Å²) in [6, 6.07) is 9.31. The highest BCUT2D eigenvalue weighted by Crippen LogP contribution is 2.36. The summed E-state index contributed by atoms with van der Waals surface area (Å²) in [4.78, 5) is 21.4. The maximum absolute atomic E-state index is 14.4. The minimum absolute atomic E-state index is 0.00826. The van der Waals surface area contributed by atoms with E-state index in [0.717, 1.165) is 24.5 Å². The number of carbonyl (C=O) groups is 1. The number of nitrogens with one attached hydrogen (secondary N) is 3. The second-order valence-electron chi connectivity index (χ2n) is 8.77. The van der Waals surface area contributed by atoms with Gasteiger partial charge in [-0.3, -0.25) is 9.89 Å². The highest BCUT2D eigenvalue weighted by molar-refractivity contribution is 7.93. The molecule has 2 heterocycles. The molecule has 1 saturated carbocycles. The first kappa shape index (κ1) is 26.7. The monoisotopic (exact) mass is 543 g/mol. The maximum Gasteiger partial charge on any atom is 0.304 e. The zero-order valence-corrected chi connectivity index (χ0v) is 21.1. The Morgan fingerprint density at radius 2 is 2.00 bits per heavy atom. The Morgan fingerprint density at radius 1 is 1.29 bits per heavy atom. The molecular formula is C24H23F2N7O4S. The summed E-state index contributed by atoms with van der Waals surface area (Å²) < 4.78 is 57.9. The summed E-state index contributed by atoms with van der Waals surface area (Å²) >= 11 is 0. The van der Waals surface area contributed by atoms with E-state index in [0.29, 0.717) is 6.92 Å². The Morgan fingerprint density at radius 3 is 2.61 bits per heavy atom. The van der Waals surface area contributed by atoms with Gasteiger partial charge in [0.05, 0.1) is 17.9 Å². The highest BCUT2D eigenvalue weighted by atomic mass is 32.2. The van der Waals surface area contributed by atoms with Crippen LogP contribution >= 0.6 is 0 Å². The first-order valence-corrected chi connectivity index (χ1v) is 13.3. The van der Waals surface area contributed by atoms with Crippen molar-refractivity contribution in [3.05, 3.63) is 65.1 Å². The van der Waals surface area contributed by atoms with Crippen LogP contribution in [-0.2, 0) is 15.8 Å². The largest absolute Gasteiger partial charge is 0.438 e. The van der Waals surface area contributed by atoms with Crippen LogP contribution in [0.5, 0.6) is 11.6 Å². The van der Waals surface area contributed by atoms with Crippen LogP contribution in [-0.4, -0.2) is 46.8 Å². The number of hydrogen-bond donors (Lipinski definition) is 3. The Bertz CT molecular complexity index is 1510. The second-order valence-corrected chi connectivity index (χ2v) is 10.7. The first-order valence-electron chi connectivity index (χ1n) is 11.4. The lowest BCUT2D eigenvalue weighted by Gasteiger charge is -2.20. The number of alkyl halides is 2. The predicted molar refractivity (Wildman–Crippen MR) is 133 cm³/mol. The van der Waals surface area contributed by atoms with E-state index >= 15 is 0 Å². The van der Waals surface area contributed by atoms with E-state index in [9.17, 15) is 27.3 Å². The second kappa shape index (κ2) is 10.5. The third kappa shape index (κ3) is 6.68. The number of ether oxygens (including phenoxy) is 1. The molecule has 0 unspecified atom stereocenters. The van der Waals surface area contributed by atoms with Crippen molar-refractivity contribution in [3.8, 4) is 17.7 Å². The molecule has 38 heavy (non-hydrogen) atoms. The molecule has 198 valence electrons. The lowest BCUT2D eigenvalue weighted by molar-refractivity contribution is 0.00725. The van der Waals surface area contributed by atoms with Gasteiger partial charge in [-0.15, -0.1) is 0 Å². The Hall–Kier alpha value is -4.38. The molecule has 0 saturated heterocycles. The predicted octanol–water partition coefficient (Wildman–Crippen LogP) is 3.79. The number of para-hydroxylation sites is 1. The summed E-state index contributed by atoms with van der Waals surface area (Å²) in [6.07, 6.45) is 5.14. The van der Waals surface area contributed by atoms with Gasteiger partial charge in [0.25, 0.3) is 5.91 Å². The standard InChI is InChI=1S/C24H23F2N7O4S/c1-24(25,26)23-31-20(29-18-13-28-33-17(18)12-27)19(22(32-23)37-15-6-4-3-5-7-15)21(34)30-16(14-8-9-14)10-11-38(2,35)36/h3-7,10-11,13-14,16H,8-9H2,1-2H3,(H,28,33)(H,30,34)(H,29,31,32)/b11-10+/t16-/m1/s1. The SMILES string of the molecule is CC(F)(F)c1nc(Nc2cn[nH]c2C#N)c(C(=O)N[C@H](/C=C/S(C)(=O)=O)C2CC2)c(Oc2ccccc2)n1. The molecule has 3 aromatic rings. The van der Waals surface area contributed by atoms with Crippen LogP contribution in [0.4, 0.5) is 20.3 Å². The van der Waals surface area contributed by atoms with Gasteiger partial charge in [-0.1, -0.05) is 24.3 Å². The molecule has 0 aliphatic heterocycles. The highest BCUT2D eigenvalue weighted by Gasteiger charge is 2.36. The lowest BCUT2D eigenvalue weighted by Crippen LogP contribution is -2.36. The van der Waals surface area contributed by atoms with Crippen LogP contribution in [0.25, 0.3) is 0 Å². The number of aromatic nitrogens is 4. The third-order valence-corrected chi connectivity index (χ3v) is 6.07. The van der Waals surface area contributed by atoms with Gasteiger partial charge in [0.2, 0.25) is 11.7 Å². The molecule has 0 spiro atoms. The summed E-state index contributed by atoms with van der Waals surface area (Å²) in [6.45, 7) is 0.593. The number of sulfone groups is 1. The molecular weight excluding hydrogens is 520 g/mol. The molecule has 11 nitrogen and oxygen atoms in total. The molecule has 1 fully saturated rings. The number of nitriles is 1. The number of halogens is 2. The van der Waals surface area contributed by atoms with Crippen molar-refractivity contribution in [1.29, 1.82) is 5.26 Å². The third-order valence-electron chi connectivity index (χ3n) is 5.42. The van der Waals surface area contributed by atoms with Crippen LogP contribution in [0.3, 0.4) is 0 Å². The zero-order valence-electron chi connectivity index (χ0n) is 20.3. The molecule has 1 amide bonds. The molecule has 0 bridgehead atoms. The summed E-state index contributed by atoms with van der Waals surface area (Å²) in [7, 11) is -3.46. The van der Waals surface area contributed by atoms with Crippen molar-refractivity contribution in [3.63, 3.8) is 0 Å². The quantitative estimate of drug-likeness (QED) is 0.345. The van der Waals surface area contributed by atoms with Gasteiger partial charge >= 0.3 is 5.92 Å². The maximum atomic E-state index is 14.4. The van der Waals surface area contributed by atoms with E-state index in [1.165, 1.54) is 12.3 Å². The molecule has 1 aliphatic rings. The minimum Gasteiger partial charge on any atom is -0.438 e. The number of nitrogens with zero attached hydrogens (tertiary/aromatic N) is 4. The first-order chi connectivity index (χ1) is 17.9. The average Bonchev–Trinajstić information content (AvgIpc) is 3.59. The van der Waals surface area contributed by atoms with Crippen LogP contribution in [0.1, 0.15) is 41.6 Å². The van der Waals surface area contributed by atoms with Gasteiger partial charge in [-0.25, -0.2) is 13.4 Å². The van der Waals surface area contributed by atoms with Crippen molar-refractivity contribution >= 4 is 27.2 Å². The molecule has 3 N–H and O–H groups in total. The molecule has 0 radical (unpaired) electrons. The van der Waals surface area contributed by atoms with E-state index in [1.54, 1.807) is 30.3 Å². The number of rotatable bonds is 10. The summed E-state index contributed by atoms with van der Waals surface area (Å²) in [5.41, 5.74) is -0.283. The van der Waals surface area contributed by atoms with Crippen molar-refractivity contribution < 1.29 is 26.7 Å². The fraction of sp³-hybridized carbons (Fsp3) is 0.292.